The second-order valence-electron chi connectivity index (χ2n) is 9.34. The van der Waals surface area contributed by atoms with E-state index in [4.69, 9.17) is 4.74 Å². The molecule has 9 nitrogen and oxygen atoms in total. The Kier molecular flexibility index (Phi) is 6.79. The number of piperidine rings is 1. The van der Waals surface area contributed by atoms with Gasteiger partial charge in [0.05, 0.1) is 12.8 Å². The lowest BCUT2D eigenvalue weighted by atomic mass is 9.78. The van der Waals surface area contributed by atoms with Gasteiger partial charge in [0.25, 0.3) is 0 Å². The molecular weight excluding hydrogens is 479 g/mol. The zero-order valence-electron chi connectivity index (χ0n) is 19.2. The number of aromatic nitrogens is 4. The van der Waals surface area contributed by atoms with Crippen LogP contribution in [0.5, 0.6) is 0 Å². The first-order chi connectivity index (χ1) is 17.3. The van der Waals surface area contributed by atoms with E-state index in [9.17, 15) is 28.5 Å². The third kappa shape index (κ3) is 4.50. The molecule has 2 fully saturated rings. The van der Waals surface area contributed by atoms with Crippen LogP contribution in [0.3, 0.4) is 0 Å². The summed E-state index contributed by atoms with van der Waals surface area (Å²) in [6.45, 7) is 1.18. The average molecular weight is 505 g/mol. The highest BCUT2D eigenvalue weighted by atomic mass is 19.2. The number of hydrogen-bond acceptors (Lipinski definition) is 8. The number of pyridine rings is 1. The molecule has 2 aromatic heterocycles. The Labute approximate surface area is 204 Å². The topological polar surface area (TPSA) is 117 Å². The van der Waals surface area contributed by atoms with Crippen LogP contribution in [-0.2, 0) is 11.3 Å². The van der Waals surface area contributed by atoms with Crippen molar-refractivity contribution in [3.63, 3.8) is 0 Å². The fraction of sp³-hybridized carbons (Fsp3) is 0.458. The predicted molar refractivity (Wildman–Crippen MR) is 120 cm³/mol. The fourth-order valence-corrected chi connectivity index (χ4v) is 5.22. The highest BCUT2D eigenvalue weighted by Gasteiger charge is 2.56. The second-order valence-corrected chi connectivity index (χ2v) is 9.34. The number of rotatable bonds is 5. The largest absolute Gasteiger partial charge is 0.394 e. The van der Waals surface area contributed by atoms with Crippen LogP contribution in [-0.4, -0.2) is 83.8 Å². The first-order valence-electron chi connectivity index (χ1n) is 11.6. The van der Waals surface area contributed by atoms with Gasteiger partial charge >= 0.3 is 0 Å². The van der Waals surface area contributed by atoms with Gasteiger partial charge in [-0.1, -0.05) is 11.3 Å². The Morgan fingerprint density at radius 3 is 2.64 bits per heavy atom. The molecule has 1 spiro atoms. The Balaban J connectivity index is 1.44. The van der Waals surface area contributed by atoms with E-state index in [-0.39, 0.29) is 11.3 Å². The van der Waals surface area contributed by atoms with Crippen LogP contribution in [0.25, 0.3) is 11.3 Å². The van der Waals surface area contributed by atoms with E-state index in [1.807, 2.05) is 12.1 Å². The van der Waals surface area contributed by atoms with Crippen molar-refractivity contribution in [1.29, 1.82) is 0 Å². The van der Waals surface area contributed by atoms with E-state index in [2.05, 4.69) is 20.2 Å². The summed E-state index contributed by atoms with van der Waals surface area (Å²) in [4.78, 5) is 6.25. The number of nitrogens with zero attached hydrogens (tertiary/aromatic N) is 5. The van der Waals surface area contributed by atoms with E-state index >= 15 is 0 Å². The highest BCUT2D eigenvalue weighted by Crippen LogP contribution is 2.42. The molecule has 3 aromatic rings. The van der Waals surface area contributed by atoms with Gasteiger partial charge in [0.15, 0.2) is 17.5 Å². The zero-order valence-corrected chi connectivity index (χ0v) is 19.2. The van der Waals surface area contributed by atoms with Crippen molar-refractivity contribution in [3.05, 3.63) is 65.9 Å². The first-order valence-corrected chi connectivity index (χ1v) is 11.6. The van der Waals surface area contributed by atoms with Crippen LogP contribution in [0.2, 0.25) is 0 Å². The third-order valence-electron chi connectivity index (χ3n) is 6.95. The Bertz CT molecular complexity index is 1190. The molecule has 0 saturated carbocycles. The summed E-state index contributed by atoms with van der Waals surface area (Å²) < 4.78 is 48.2. The van der Waals surface area contributed by atoms with Crippen LogP contribution in [0.4, 0.5) is 13.2 Å². The number of likely N-dealkylation sites (tertiary alicyclic amines) is 1. The maximum Gasteiger partial charge on any atom is 0.194 e. The van der Waals surface area contributed by atoms with Crippen LogP contribution in [0, 0.1) is 17.5 Å². The van der Waals surface area contributed by atoms with Gasteiger partial charge in [-0.15, -0.1) is 5.10 Å². The van der Waals surface area contributed by atoms with Crippen molar-refractivity contribution in [1.82, 2.24) is 24.9 Å². The molecule has 4 heterocycles. The highest BCUT2D eigenvalue weighted by molar-refractivity contribution is 5.58. The summed E-state index contributed by atoms with van der Waals surface area (Å²) >= 11 is 0. The molecule has 2 aliphatic rings. The van der Waals surface area contributed by atoms with Gasteiger partial charge in [-0.3, -0.25) is 9.88 Å². The van der Waals surface area contributed by atoms with Crippen LogP contribution >= 0.6 is 0 Å². The number of aliphatic hydroxyl groups is 3. The average Bonchev–Trinajstić information content (AvgIpc) is 3.35. The van der Waals surface area contributed by atoms with Crippen molar-refractivity contribution < 1.29 is 33.2 Å². The summed E-state index contributed by atoms with van der Waals surface area (Å²) in [5, 5.41) is 40.3. The normalized spacial score (nSPS) is 29.1. The molecule has 0 unspecified atom stereocenters. The SMILES string of the molecule is OC[C@H]1O[C@@]2(CCCN(Cc3cccnc3)C2)[C@H](O)[C@@H](n2cc(-c3cc(F)c(F)c(F)c3)nn2)[C@H]1O. The molecule has 1 aromatic carbocycles. The minimum atomic E-state index is -1.60. The van der Waals surface area contributed by atoms with E-state index < -0.39 is 54.0 Å². The maximum atomic E-state index is 13.7. The molecule has 192 valence electrons. The van der Waals surface area contributed by atoms with E-state index in [0.29, 0.717) is 25.9 Å². The summed E-state index contributed by atoms with van der Waals surface area (Å²) in [7, 11) is 0. The van der Waals surface area contributed by atoms with E-state index in [1.165, 1.54) is 10.9 Å². The number of halogens is 3. The molecular formula is C24H26F3N5O4. The van der Waals surface area contributed by atoms with E-state index in [0.717, 1.165) is 24.2 Å². The first kappa shape index (κ1) is 24.8. The number of ether oxygens (including phenoxy) is 1. The molecule has 5 atom stereocenters. The van der Waals surface area contributed by atoms with E-state index in [1.54, 1.807) is 12.4 Å². The summed E-state index contributed by atoms with van der Waals surface area (Å²) in [6.07, 6.45) is 2.35. The third-order valence-corrected chi connectivity index (χ3v) is 6.95. The molecule has 3 N–H and O–H groups in total. The maximum absolute atomic E-state index is 13.7. The van der Waals surface area contributed by atoms with Crippen molar-refractivity contribution in [2.24, 2.45) is 0 Å². The minimum Gasteiger partial charge on any atom is -0.394 e. The van der Waals surface area contributed by atoms with Gasteiger partial charge in [-0.05, 0) is 43.1 Å². The molecule has 0 radical (unpaired) electrons. The Hall–Kier alpha value is -2.90. The lowest BCUT2D eigenvalue weighted by Crippen LogP contribution is -2.67. The van der Waals surface area contributed by atoms with Crippen LogP contribution in [0.15, 0.2) is 42.9 Å². The van der Waals surface area contributed by atoms with Crippen molar-refractivity contribution in [2.75, 3.05) is 19.7 Å². The Morgan fingerprint density at radius 2 is 1.94 bits per heavy atom. The second kappa shape index (κ2) is 9.87. The molecule has 36 heavy (non-hydrogen) atoms. The molecule has 12 heteroatoms. The molecule has 2 aliphatic heterocycles. The summed E-state index contributed by atoms with van der Waals surface area (Å²) in [6, 6.07) is 4.31. The van der Waals surface area contributed by atoms with Gasteiger partial charge in [-0.25, -0.2) is 17.9 Å². The lowest BCUT2D eigenvalue weighted by Gasteiger charge is -2.53. The molecule has 2 saturated heterocycles. The van der Waals surface area contributed by atoms with Crippen molar-refractivity contribution >= 4 is 0 Å². The standard InChI is InChI=1S/C24H26F3N5O4/c25-16-7-15(8-17(26)20(16)27)18-11-32(30-29-18)21-22(34)19(12-33)36-24(23(21)35)4-2-6-31(13-24)10-14-3-1-5-28-9-14/h1,3,5,7-9,11,19,21-23,33-35H,2,4,6,10,12-13H2/t19-,21+,22+,23-,24-/m1/s1. The lowest BCUT2D eigenvalue weighted by molar-refractivity contribution is -0.269. The molecule has 0 amide bonds. The smallest absolute Gasteiger partial charge is 0.194 e. The molecule has 0 bridgehead atoms. The monoisotopic (exact) mass is 505 g/mol. The van der Waals surface area contributed by atoms with Gasteiger partial charge in [0.2, 0.25) is 0 Å². The fourth-order valence-electron chi connectivity index (χ4n) is 5.22. The Morgan fingerprint density at radius 1 is 1.17 bits per heavy atom. The van der Waals surface area contributed by atoms with Crippen molar-refractivity contribution in [2.45, 2.75) is 49.3 Å². The number of benzene rings is 1. The van der Waals surface area contributed by atoms with Gasteiger partial charge in [-0.2, -0.15) is 0 Å². The summed E-state index contributed by atoms with van der Waals surface area (Å²) in [5.41, 5.74) is -0.148. The number of aliphatic hydroxyl groups excluding tert-OH is 3. The quantitative estimate of drug-likeness (QED) is 0.446. The molecule has 5 rings (SSSR count). The van der Waals surface area contributed by atoms with Gasteiger partial charge in [0.1, 0.15) is 35.6 Å². The van der Waals surface area contributed by atoms with Crippen molar-refractivity contribution in [3.8, 4) is 11.3 Å². The molecule has 0 aliphatic carbocycles. The minimum absolute atomic E-state index is 0.0233. The summed E-state index contributed by atoms with van der Waals surface area (Å²) in [5.74, 6) is -4.34. The number of hydrogen-bond donors (Lipinski definition) is 3. The van der Waals surface area contributed by atoms with Crippen LogP contribution < -0.4 is 0 Å². The van der Waals surface area contributed by atoms with Gasteiger partial charge < -0.3 is 20.1 Å². The zero-order chi connectivity index (χ0) is 25.4. The van der Waals surface area contributed by atoms with Gasteiger partial charge in [0, 0.05) is 31.0 Å². The van der Waals surface area contributed by atoms with Crippen LogP contribution in [0.1, 0.15) is 24.4 Å². The predicted octanol–water partition coefficient (Wildman–Crippen LogP) is 1.45.